The molecule has 2 unspecified atom stereocenters. The second-order valence-corrected chi connectivity index (χ2v) is 13.5. The molecule has 5 fully saturated rings. The Hall–Kier alpha value is -1.43. The topological polar surface area (TPSA) is 71.0 Å². The molecule has 1 heterocycles. The monoisotopic (exact) mass is 485 g/mol. The van der Waals surface area contributed by atoms with Crippen LogP contribution in [0.5, 0.6) is 0 Å². The van der Waals surface area contributed by atoms with Gasteiger partial charge in [-0.15, -0.1) is 0 Å². The molecule has 5 rings (SSSR count). The highest BCUT2D eigenvalue weighted by atomic mass is 16.7. The molecule has 6 heteroatoms. The van der Waals surface area contributed by atoms with Gasteiger partial charge in [0.1, 0.15) is 5.78 Å². The number of nitrogens with one attached hydrogen (secondary N) is 1. The molecule has 1 amide bonds. The van der Waals surface area contributed by atoms with E-state index in [1.54, 1.807) is 4.90 Å². The number of hydrogen-bond acceptors (Lipinski definition) is 5. The summed E-state index contributed by atoms with van der Waals surface area (Å²) in [5.41, 5.74) is 1.59. The summed E-state index contributed by atoms with van der Waals surface area (Å²) in [6, 6.07) is 0.344. The number of oxime groups is 1. The highest BCUT2D eigenvalue weighted by Gasteiger charge is 2.60. The molecule has 196 valence electrons. The van der Waals surface area contributed by atoms with Gasteiger partial charge in [0.15, 0.2) is 0 Å². The van der Waals surface area contributed by atoms with E-state index >= 15 is 0 Å². The maximum Gasteiger partial charge on any atom is 0.435 e. The average molecular weight is 486 g/mol. The van der Waals surface area contributed by atoms with E-state index in [0.29, 0.717) is 41.5 Å². The van der Waals surface area contributed by atoms with Gasteiger partial charge in [0, 0.05) is 38.4 Å². The predicted molar refractivity (Wildman–Crippen MR) is 138 cm³/mol. The third-order valence-electron chi connectivity index (χ3n) is 11.5. The zero-order valence-corrected chi connectivity index (χ0v) is 22.6. The van der Waals surface area contributed by atoms with Crippen LogP contribution in [0.4, 0.5) is 4.79 Å². The van der Waals surface area contributed by atoms with Crippen LogP contribution in [0.3, 0.4) is 0 Å². The molecule has 6 nitrogen and oxygen atoms in total. The Bertz CT molecular complexity index is 873. The van der Waals surface area contributed by atoms with E-state index < -0.39 is 0 Å². The van der Waals surface area contributed by atoms with E-state index in [0.717, 1.165) is 62.1 Å². The van der Waals surface area contributed by atoms with Gasteiger partial charge in [0.25, 0.3) is 0 Å². The number of Topliss-reactive ketones (excluding diaryl/α,β-unsaturated/α-hetero) is 1. The number of ketones is 1. The Balaban J connectivity index is 1.22. The quantitative estimate of drug-likeness (QED) is 0.317. The third kappa shape index (κ3) is 4.46. The lowest BCUT2D eigenvalue weighted by molar-refractivity contribution is -0.138. The van der Waals surface area contributed by atoms with Crippen LogP contribution in [0.25, 0.3) is 0 Å². The van der Waals surface area contributed by atoms with Crippen molar-refractivity contribution in [3.8, 4) is 0 Å². The minimum Gasteiger partial charge on any atom is -0.312 e. The van der Waals surface area contributed by atoms with E-state index in [2.05, 4.69) is 38.2 Å². The van der Waals surface area contributed by atoms with Gasteiger partial charge in [0.05, 0.1) is 5.71 Å². The summed E-state index contributed by atoms with van der Waals surface area (Å²) in [6.07, 6.45) is 10.9. The number of carbonyl (C=O) groups is 2. The zero-order chi connectivity index (χ0) is 25.0. The molecular formula is C29H47N3O3. The van der Waals surface area contributed by atoms with Gasteiger partial charge in [0.2, 0.25) is 0 Å². The van der Waals surface area contributed by atoms with Crippen LogP contribution < -0.4 is 5.32 Å². The Morgan fingerprint density at radius 1 is 1.11 bits per heavy atom. The molecule has 9 atom stereocenters. The van der Waals surface area contributed by atoms with E-state index in [-0.39, 0.29) is 11.5 Å². The summed E-state index contributed by atoms with van der Waals surface area (Å²) < 4.78 is 0. The van der Waals surface area contributed by atoms with Crippen molar-refractivity contribution in [2.75, 3.05) is 20.1 Å². The normalized spacial score (nSPS) is 45.5. The first-order valence-corrected chi connectivity index (χ1v) is 14.3. The Morgan fingerprint density at radius 3 is 2.63 bits per heavy atom. The summed E-state index contributed by atoms with van der Waals surface area (Å²) in [4.78, 5) is 31.9. The number of amides is 1. The van der Waals surface area contributed by atoms with Gasteiger partial charge in [-0.05, 0) is 105 Å². The lowest BCUT2D eigenvalue weighted by Gasteiger charge is -2.60. The first-order valence-electron chi connectivity index (χ1n) is 14.3. The average Bonchev–Trinajstić information content (AvgIpc) is 3.39. The van der Waals surface area contributed by atoms with Gasteiger partial charge < -0.3 is 10.2 Å². The minimum absolute atomic E-state index is 0.241. The summed E-state index contributed by atoms with van der Waals surface area (Å²) >= 11 is 0. The first-order chi connectivity index (χ1) is 16.6. The van der Waals surface area contributed by atoms with E-state index in [1.807, 2.05) is 7.05 Å². The number of hydrogen-bond donors (Lipinski definition) is 1. The molecule has 0 spiro atoms. The summed E-state index contributed by atoms with van der Waals surface area (Å²) in [6.45, 7) is 11.0. The number of nitrogens with zero attached hydrogens (tertiary/aromatic N) is 2. The van der Waals surface area contributed by atoms with Crippen molar-refractivity contribution in [3.63, 3.8) is 0 Å². The molecule has 4 aliphatic carbocycles. The Morgan fingerprint density at radius 2 is 1.89 bits per heavy atom. The van der Waals surface area contributed by atoms with E-state index in [9.17, 15) is 9.59 Å². The van der Waals surface area contributed by atoms with E-state index in [1.165, 1.54) is 32.1 Å². The number of fused-ring (bicyclic) bond motifs is 5. The molecule has 35 heavy (non-hydrogen) atoms. The Labute approximate surface area is 212 Å². The molecule has 4 saturated carbocycles. The lowest BCUT2D eigenvalue weighted by atomic mass is 9.44. The molecule has 0 bridgehead atoms. The fourth-order valence-corrected chi connectivity index (χ4v) is 9.54. The first kappa shape index (κ1) is 25.2. The van der Waals surface area contributed by atoms with Gasteiger partial charge >= 0.3 is 6.09 Å². The van der Waals surface area contributed by atoms with Gasteiger partial charge in [-0.3, -0.25) is 9.63 Å². The minimum atomic E-state index is -0.354. The Kier molecular flexibility index (Phi) is 6.82. The van der Waals surface area contributed by atoms with E-state index in [4.69, 9.17) is 4.84 Å². The standard InChI is InChI=1S/C29H47N3O3/c1-18-14-21(30-16-18)17-32(5)27(34)35-31-19(2)24-8-9-25-23-7-6-20-15-22(33)10-12-28(20,3)26(23)11-13-29(24,25)4/h18,20-21,23-26,30H,6-17H2,1-5H3/b31-19+/t18?,20-,21?,23+,24-,25+,26+,28+,29-/m1/s1. The van der Waals surface area contributed by atoms with Crippen molar-refractivity contribution in [1.29, 1.82) is 0 Å². The summed E-state index contributed by atoms with van der Waals surface area (Å²) in [7, 11) is 1.81. The number of rotatable bonds is 4. The van der Waals surface area contributed by atoms with Gasteiger partial charge in [-0.25, -0.2) is 4.79 Å². The second-order valence-electron chi connectivity index (χ2n) is 13.5. The largest absolute Gasteiger partial charge is 0.435 e. The summed E-state index contributed by atoms with van der Waals surface area (Å²) in [5.74, 6) is 4.41. The van der Waals surface area contributed by atoms with Crippen LogP contribution in [-0.2, 0) is 9.63 Å². The smallest absolute Gasteiger partial charge is 0.312 e. The molecule has 0 aromatic rings. The van der Waals surface area contributed by atoms with Crippen LogP contribution in [0.2, 0.25) is 0 Å². The van der Waals surface area contributed by atoms with Crippen LogP contribution in [0.1, 0.15) is 91.9 Å². The van der Waals surface area contributed by atoms with Crippen LogP contribution in [-0.4, -0.2) is 48.7 Å². The fraction of sp³-hybridized carbons (Fsp3) is 0.897. The number of carbonyl (C=O) groups excluding carboxylic acids is 2. The SMILES string of the molecule is C/C(=N\OC(=O)N(C)CC1CC(C)CN1)[C@H]1CC[C@H]2[C@@H]3CC[C@@H]4CC(=O)CC[C@]4(C)[C@H]3CC[C@]12C. The number of likely N-dealkylation sites (N-methyl/N-ethyl adjacent to an activating group) is 1. The highest BCUT2D eigenvalue weighted by Crippen LogP contribution is 2.67. The van der Waals surface area contributed by atoms with Crippen molar-refractivity contribution in [2.45, 2.75) is 97.9 Å². The second kappa shape index (κ2) is 9.46. The molecule has 5 aliphatic rings. The molecule has 0 aromatic carbocycles. The molecule has 1 N–H and O–H groups in total. The van der Waals surface area contributed by atoms with Crippen LogP contribution >= 0.6 is 0 Å². The summed E-state index contributed by atoms with van der Waals surface area (Å²) in [5, 5.41) is 7.89. The van der Waals surface area contributed by atoms with Crippen molar-refractivity contribution in [3.05, 3.63) is 0 Å². The zero-order valence-electron chi connectivity index (χ0n) is 22.6. The van der Waals surface area contributed by atoms with Crippen molar-refractivity contribution < 1.29 is 14.4 Å². The van der Waals surface area contributed by atoms with Crippen molar-refractivity contribution in [2.24, 2.45) is 51.5 Å². The lowest BCUT2D eigenvalue weighted by Crippen LogP contribution is -2.53. The van der Waals surface area contributed by atoms with Crippen molar-refractivity contribution in [1.82, 2.24) is 10.2 Å². The van der Waals surface area contributed by atoms with Crippen molar-refractivity contribution >= 4 is 17.6 Å². The van der Waals surface area contributed by atoms with Crippen LogP contribution in [0, 0.1) is 46.3 Å². The maximum absolute atomic E-state index is 12.6. The van der Waals surface area contributed by atoms with Gasteiger partial charge in [-0.1, -0.05) is 25.9 Å². The maximum atomic E-state index is 12.6. The highest BCUT2D eigenvalue weighted by molar-refractivity contribution is 5.85. The molecule has 0 radical (unpaired) electrons. The third-order valence-corrected chi connectivity index (χ3v) is 11.5. The fourth-order valence-electron chi connectivity index (χ4n) is 9.54. The predicted octanol–water partition coefficient (Wildman–Crippen LogP) is 5.66. The molecular weight excluding hydrogens is 438 g/mol. The van der Waals surface area contributed by atoms with Crippen LogP contribution in [0.15, 0.2) is 5.16 Å². The molecule has 1 aliphatic heterocycles. The van der Waals surface area contributed by atoms with Gasteiger partial charge in [-0.2, -0.15) is 0 Å². The molecule has 0 aromatic heterocycles. The molecule has 1 saturated heterocycles.